The van der Waals surface area contributed by atoms with Crippen LogP contribution in [0.25, 0.3) is 11.5 Å². The Morgan fingerprint density at radius 1 is 1.36 bits per heavy atom. The molecule has 0 aliphatic carbocycles. The van der Waals surface area contributed by atoms with Crippen LogP contribution in [0.15, 0.2) is 23.0 Å². The maximum Gasteiger partial charge on any atom is 0.226 e. The molecule has 2 aromatic heterocycles. The Kier molecular flexibility index (Phi) is 2.14. The maximum absolute atomic E-state index is 5.60. The van der Waals surface area contributed by atoms with Gasteiger partial charge in [0.1, 0.15) is 0 Å². The molecule has 2 heterocycles. The first-order valence-electron chi connectivity index (χ1n) is 4.34. The van der Waals surface area contributed by atoms with Crippen LogP contribution in [0, 0.1) is 0 Å². The van der Waals surface area contributed by atoms with E-state index in [9.17, 15) is 0 Å². The van der Waals surface area contributed by atoms with Gasteiger partial charge in [-0.3, -0.25) is 0 Å². The largest absolute Gasteiger partial charge is 0.367 e. The minimum Gasteiger partial charge on any atom is -0.367 e. The van der Waals surface area contributed by atoms with Gasteiger partial charge in [-0.15, -0.1) is 0 Å². The van der Waals surface area contributed by atoms with E-state index in [-0.39, 0.29) is 0 Å². The lowest BCUT2D eigenvalue weighted by Gasteiger charge is -1.95. The number of nitrogens with two attached hydrogens (primary N) is 1. The summed E-state index contributed by atoms with van der Waals surface area (Å²) in [5, 5.41) is 3.83. The van der Waals surface area contributed by atoms with E-state index in [0.717, 1.165) is 12.0 Å². The molecule has 0 amide bonds. The Hall–Kier alpha value is -1.91. The van der Waals surface area contributed by atoms with Crippen molar-refractivity contribution in [2.45, 2.75) is 13.3 Å². The summed E-state index contributed by atoms with van der Waals surface area (Å²) in [4.78, 5) is 8.16. The first-order valence-corrected chi connectivity index (χ1v) is 4.34. The zero-order valence-corrected chi connectivity index (χ0v) is 7.77. The molecule has 2 rings (SSSR count). The normalized spacial score (nSPS) is 10.4. The predicted octanol–water partition coefficient (Wildman–Crippen LogP) is 1.28. The minimum atomic E-state index is 0.343. The lowest BCUT2D eigenvalue weighted by atomic mass is 10.2. The fraction of sp³-hybridized carbons (Fsp3) is 0.222. The molecule has 0 fully saturated rings. The first-order chi connectivity index (χ1) is 6.83. The molecule has 0 bridgehead atoms. The van der Waals surface area contributed by atoms with Gasteiger partial charge in [0.2, 0.25) is 5.88 Å². The van der Waals surface area contributed by atoms with E-state index in [2.05, 4.69) is 15.1 Å². The van der Waals surface area contributed by atoms with Gasteiger partial charge in [0.05, 0.1) is 0 Å². The highest BCUT2D eigenvalue weighted by molar-refractivity contribution is 5.60. The fourth-order valence-corrected chi connectivity index (χ4v) is 1.26. The Morgan fingerprint density at radius 2 is 2.07 bits per heavy atom. The standard InChI is InChI=1S/C9H10N4O/c1-2-6-7(13-14-8(6)10)9-11-4-3-5-12-9/h3-5H,2,10H2,1H3. The number of nitrogen functional groups attached to an aromatic ring is 1. The van der Waals surface area contributed by atoms with E-state index in [1.165, 1.54) is 0 Å². The lowest BCUT2D eigenvalue weighted by Crippen LogP contribution is -1.93. The van der Waals surface area contributed by atoms with E-state index in [4.69, 9.17) is 10.3 Å². The molecule has 0 radical (unpaired) electrons. The van der Waals surface area contributed by atoms with Crippen molar-refractivity contribution in [3.05, 3.63) is 24.0 Å². The van der Waals surface area contributed by atoms with Crippen molar-refractivity contribution >= 4 is 5.88 Å². The number of anilines is 1. The van der Waals surface area contributed by atoms with Gasteiger partial charge in [-0.05, 0) is 12.5 Å². The van der Waals surface area contributed by atoms with Crippen LogP contribution in [0.2, 0.25) is 0 Å². The topological polar surface area (TPSA) is 77.8 Å². The van der Waals surface area contributed by atoms with E-state index in [1.54, 1.807) is 18.5 Å². The smallest absolute Gasteiger partial charge is 0.226 e. The van der Waals surface area contributed by atoms with Crippen LogP contribution >= 0.6 is 0 Å². The van der Waals surface area contributed by atoms with Gasteiger partial charge in [0.15, 0.2) is 11.5 Å². The molecule has 72 valence electrons. The number of nitrogens with zero attached hydrogens (tertiary/aromatic N) is 3. The summed E-state index contributed by atoms with van der Waals surface area (Å²) in [5.74, 6) is 0.889. The highest BCUT2D eigenvalue weighted by atomic mass is 16.5. The molecule has 14 heavy (non-hydrogen) atoms. The molecule has 0 atom stereocenters. The molecule has 0 spiro atoms. The second-order valence-electron chi connectivity index (χ2n) is 2.80. The van der Waals surface area contributed by atoms with Crippen molar-refractivity contribution in [1.29, 1.82) is 0 Å². The minimum absolute atomic E-state index is 0.343. The van der Waals surface area contributed by atoms with Crippen LogP contribution < -0.4 is 5.73 Å². The molecule has 2 N–H and O–H groups in total. The zero-order chi connectivity index (χ0) is 9.97. The fourth-order valence-electron chi connectivity index (χ4n) is 1.26. The Morgan fingerprint density at radius 3 is 2.71 bits per heavy atom. The second kappa shape index (κ2) is 3.45. The molecule has 0 unspecified atom stereocenters. The van der Waals surface area contributed by atoms with Gasteiger partial charge < -0.3 is 10.3 Å². The van der Waals surface area contributed by atoms with Crippen molar-refractivity contribution in [3.8, 4) is 11.5 Å². The molecule has 0 saturated carbocycles. The van der Waals surface area contributed by atoms with Crippen LogP contribution in [0.1, 0.15) is 12.5 Å². The van der Waals surface area contributed by atoms with Crippen molar-refractivity contribution < 1.29 is 4.52 Å². The summed E-state index contributed by atoms with van der Waals surface area (Å²) >= 11 is 0. The summed E-state index contributed by atoms with van der Waals surface area (Å²) in [7, 11) is 0. The van der Waals surface area contributed by atoms with Crippen molar-refractivity contribution in [2.75, 3.05) is 5.73 Å². The van der Waals surface area contributed by atoms with Crippen molar-refractivity contribution in [2.24, 2.45) is 0 Å². The van der Waals surface area contributed by atoms with Gasteiger partial charge in [-0.2, -0.15) is 0 Å². The number of rotatable bonds is 2. The van der Waals surface area contributed by atoms with Gasteiger partial charge in [-0.1, -0.05) is 12.1 Å². The number of hydrogen-bond acceptors (Lipinski definition) is 5. The molecule has 0 aliphatic heterocycles. The SMILES string of the molecule is CCc1c(-c2ncccn2)noc1N. The Bertz CT molecular complexity index is 424. The third-order valence-electron chi connectivity index (χ3n) is 1.95. The highest BCUT2D eigenvalue weighted by Crippen LogP contribution is 2.23. The Labute approximate surface area is 81.0 Å². The summed E-state index contributed by atoms with van der Waals surface area (Å²) in [6.45, 7) is 1.98. The van der Waals surface area contributed by atoms with Gasteiger partial charge >= 0.3 is 0 Å². The Balaban J connectivity index is 2.52. The summed E-state index contributed by atoms with van der Waals surface area (Å²) in [6, 6.07) is 1.75. The monoisotopic (exact) mass is 190 g/mol. The van der Waals surface area contributed by atoms with Crippen molar-refractivity contribution in [3.63, 3.8) is 0 Å². The van der Waals surface area contributed by atoms with Crippen LogP contribution in [0.4, 0.5) is 5.88 Å². The molecule has 5 nitrogen and oxygen atoms in total. The quantitative estimate of drug-likeness (QED) is 0.771. The van der Waals surface area contributed by atoms with Crippen LogP contribution in [-0.4, -0.2) is 15.1 Å². The average Bonchev–Trinajstić information content (AvgIpc) is 2.61. The van der Waals surface area contributed by atoms with E-state index in [1.807, 2.05) is 6.92 Å². The van der Waals surface area contributed by atoms with E-state index < -0.39 is 0 Å². The molecular formula is C9H10N4O. The molecular weight excluding hydrogens is 180 g/mol. The third-order valence-corrected chi connectivity index (χ3v) is 1.95. The summed E-state index contributed by atoms with van der Waals surface area (Å²) in [6.07, 6.45) is 4.07. The summed E-state index contributed by atoms with van der Waals surface area (Å²) < 4.78 is 4.89. The van der Waals surface area contributed by atoms with Gasteiger partial charge in [0, 0.05) is 18.0 Å². The molecule has 0 saturated heterocycles. The van der Waals surface area contributed by atoms with Gasteiger partial charge in [-0.25, -0.2) is 9.97 Å². The number of aromatic nitrogens is 3. The predicted molar refractivity (Wildman–Crippen MR) is 51.3 cm³/mol. The number of hydrogen-bond donors (Lipinski definition) is 1. The molecule has 0 aliphatic rings. The second-order valence-corrected chi connectivity index (χ2v) is 2.80. The maximum atomic E-state index is 5.60. The summed E-state index contributed by atoms with van der Waals surface area (Å²) in [5.41, 5.74) is 7.09. The zero-order valence-electron chi connectivity index (χ0n) is 7.77. The third kappa shape index (κ3) is 1.32. The first kappa shape index (κ1) is 8.68. The molecule has 5 heteroatoms. The van der Waals surface area contributed by atoms with E-state index >= 15 is 0 Å². The molecule has 0 aromatic carbocycles. The van der Waals surface area contributed by atoms with Gasteiger partial charge in [0.25, 0.3) is 0 Å². The lowest BCUT2D eigenvalue weighted by molar-refractivity contribution is 0.438. The van der Waals surface area contributed by atoms with E-state index in [0.29, 0.717) is 17.4 Å². The highest BCUT2D eigenvalue weighted by Gasteiger charge is 2.15. The van der Waals surface area contributed by atoms with Crippen molar-refractivity contribution in [1.82, 2.24) is 15.1 Å². The average molecular weight is 190 g/mol. The van der Waals surface area contributed by atoms with Crippen LogP contribution in [-0.2, 0) is 6.42 Å². The molecule has 2 aromatic rings. The van der Waals surface area contributed by atoms with Crippen LogP contribution in [0.3, 0.4) is 0 Å². The van der Waals surface area contributed by atoms with Crippen LogP contribution in [0.5, 0.6) is 0 Å².